The number of fused-ring (bicyclic) bond motifs is 1. The fourth-order valence-electron chi connectivity index (χ4n) is 4.90. The van der Waals surface area contributed by atoms with Crippen molar-refractivity contribution in [2.45, 2.75) is 37.4 Å². The van der Waals surface area contributed by atoms with E-state index in [0.29, 0.717) is 24.9 Å². The average molecular weight is 460 g/mol. The van der Waals surface area contributed by atoms with Gasteiger partial charge in [0.25, 0.3) is 0 Å². The summed E-state index contributed by atoms with van der Waals surface area (Å²) in [5, 5.41) is 0.947. The molecular weight excluding hydrogens is 434 g/mol. The van der Waals surface area contributed by atoms with Crippen LogP contribution in [0.4, 0.5) is 5.82 Å². The Morgan fingerprint density at radius 3 is 2.33 bits per heavy atom. The summed E-state index contributed by atoms with van der Waals surface area (Å²) in [7, 11) is 0. The minimum atomic E-state index is -0.366. The van der Waals surface area contributed by atoms with Crippen molar-refractivity contribution in [3.8, 4) is 21.9 Å². The van der Waals surface area contributed by atoms with E-state index in [2.05, 4.69) is 22.1 Å². The van der Waals surface area contributed by atoms with E-state index in [-0.39, 0.29) is 5.79 Å². The van der Waals surface area contributed by atoms with Gasteiger partial charge in [-0.3, -0.25) is 0 Å². The molecule has 1 saturated carbocycles. The van der Waals surface area contributed by atoms with Crippen LogP contribution in [0.15, 0.2) is 60.9 Å². The average Bonchev–Trinajstić information content (AvgIpc) is 3.47. The molecule has 2 aromatic carbocycles. The number of ether oxygens (including phenoxy) is 3. The standard InChI is InChI=1S/C26H25N3O3S/c27-25-21-22(28-16-29-25)24(18-10-12-26(13-11-18)30-14-15-31-26)33-23(21)17-6-8-20(9-7-17)32-19-4-2-1-3-5-19/h1-9,16,18H,10-15H2,(H2,27,28,29). The summed E-state index contributed by atoms with van der Waals surface area (Å²) in [6.07, 6.45) is 5.44. The lowest BCUT2D eigenvalue weighted by molar-refractivity contribution is -0.178. The zero-order chi connectivity index (χ0) is 22.3. The SMILES string of the molecule is Nc1ncnc2c(C3CCC4(CC3)OCCO4)sc(-c3ccc(Oc4ccccc4)cc3)c12. The summed E-state index contributed by atoms with van der Waals surface area (Å²) in [6.45, 7) is 1.40. The van der Waals surface area contributed by atoms with Gasteiger partial charge in [-0.25, -0.2) is 9.97 Å². The zero-order valence-corrected chi connectivity index (χ0v) is 19.0. The van der Waals surface area contributed by atoms with Crippen LogP contribution in [-0.4, -0.2) is 29.0 Å². The minimum absolute atomic E-state index is 0.366. The first kappa shape index (κ1) is 20.6. The van der Waals surface area contributed by atoms with Gasteiger partial charge in [-0.2, -0.15) is 0 Å². The van der Waals surface area contributed by atoms with E-state index in [1.165, 1.54) is 4.88 Å². The van der Waals surface area contributed by atoms with Gasteiger partial charge >= 0.3 is 0 Å². The minimum Gasteiger partial charge on any atom is -0.457 e. The Morgan fingerprint density at radius 2 is 1.61 bits per heavy atom. The van der Waals surface area contributed by atoms with Gasteiger partial charge in [-0.05, 0) is 60.7 Å². The van der Waals surface area contributed by atoms with Crippen LogP contribution < -0.4 is 10.5 Å². The second-order valence-corrected chi connectivity index (χ2v) is 9.65. The summed E-state index contributed by atoms with van der Waals surface area (Å²) in [5.74, 6) is 2.19. The van der Waals surface area contributed by atoms with Gasteiger partial charge < -0.3 is 19.9 Å². The maximum atomic E-state index is 6.35. The van der Waals surface area contributed by atoms with Crippen LogP contribution in [0.5, 0.6) is 11.5 Å². The highest BCUT2D eigenvalue weighted by Crippen LogP contribution is 2.49. The van der Waals surface area contributed by atoms with Crippen molar-refractivity contribution in [2.75, 3.05) is 18.9 Å². The van der Waals surface area contributed by atoms with E-state index in [1.54, 1.807) is 17.7 Å². The first-order chi connectivity index (χ1) is 16.2. The molecule has 0 unspecified atom stereocenters. The number of nitrogens with two attached hydrogens (primary N) is 1. The number of anilines is 1. The molecule has 1 aliphatic heterocycles. The van der Waals surface area contributed by atoms with Crippen LogP contribution in [0.25, 0.3) is 21.3 Å². The van der Waals surface area contributed by atoms with E-state index in [0.717, 1.165) is 58.5 Å². The molecule has 4 aromatic rings. The van der Waals surface area contributed by atoms with Crippen LogP contribution in [0.2, 0.25) is 0 Å². The molecule has 168 valence electrons. The Hall–Kier alpha value is -3.00. The van der Waals surface area contributed by atoms with Crippen LogP contribution >= 0.6 is 11.3 Å². The molecule has 2 fully saturated rings. The van der Waals surface area contributed by atoms with Crippen molar-refractivity contribution in [3.05, 3.63) is 65.8 Å². The number of hydrogen-bond acceptors (Lipinski definition) is 7. The molecule has 33 heavy (non-hydrogen) atoms. The molecule has 0 bridgehead atoms. The fourth-order valence-corrected chi connectivity index (χ4v) is 6.33. The number of hydrogen-bond donors (Lipinski definition) is 1. The lowest BCUT2D eigenvalue weighted by Crippen LogP contribution is -2.34. The summed E-state index contributed by atoms with van der Waals surface area (Å²) >= 11 is 1.78. The first-order valence-electron chi connectivity index (χ1n) is 11.3. The summed E-state index contributed by atoms with van der Waals surface area (Å²) < 4.78 is 17.8. The third-order valence-corrected chi connectivity index (χ3v) is 7.97. The highest BCUT2D eigenvalue weighted by Gasteiger charge is 2.41. The molecule has 0 amide bonds. The molecule has 2 N–H and O–H groups in total. The summed E-state index contributed by atoms with van der Waals surface area (Å²) in [5.41, 5.74) is 8.42. The van der Waals surface area contributed by atoms with Crippen molar-refractivity contribution in [1.82, 2.24) is 9.97 Å². The van der Waals surface area contributed by atoms with Gasteiger partial charge in [-0.1, -0.05) is 18.2 Å². The van der Waals surface area contributed by atoms with Gasteiger partial charge in [0, 0.05) is 22.6 Å². The molecule has 2 aromatic heterocycles. The molecule has 1 saturated heterocycles. The largest absolute Gasteiger partial charge is 0.457 e. The number of aromatic nitrogens is 2. The van der Waals surface area contributed by atoms with Gasteiger partial charge in [0.05, 0.1) is 24.1 Å². The van der Waals surface area contributed by atoms with Gasteiger partial charge in [0.15, 0.2) is 5.79 Å². The topological polar surface area (TPSA) is 79.5 Å². The molecule has 6 nitrogen and oxygen atoms in total. The summed E-state index contributed by atoms with van der Waals surface area (Å²) in [4.78, 5) is 11.3. The van der Waals surface area contributed by atoms with Crippen molar-refractivity contribution >= 4 is 28.1 Å². The fraction of sp³-hybridized carbons (Fsp3) is 0.308. The summed E-state index contributed by atoms with van der Waals surface area (Å²) in [6, 6.07) is 17.9. The predicted octanol–water partition coefficient (Wildman–Crippen LogP) is 6.13. The Kier molecular flexibility index (Phi) is 5.25. The predicted molar refractivity (Wildman–Crippen MR) is 130 cm³/mol. The number of rotatable bonds is 4. The molecule has 1 aliphatic carbocycles. The van der Waals surface area contributed by atoms with Crippen LogP contribution in [0.3, 0.4) is 0 Å². The van der Waals surface area contributed by atoms with Crippen LogP contribution in [0, 0.1) is 0 Å². The van der Waals surface area contributed by atoms with Crippen LogP contribution in [-0.2, 0) is 9.47 Å². The van der Waals surface area contributed by atoms with Gasteiger partial charge in [-0.15, -0.1) is 11.3 Å². The Labute approximate surface area is 196 Å². The number of nitrogen functional groups attached to an aromatic ring is 1. The Morgan fingerprint density at radius 1 is 0.909 bits per heavy atom. The monoisotopic (exact) mass is 459 g/mol. The van der Waals surface area contributed by atoms with Gasteiger partial charge in [0.1, 0.15) is 23.6 Å². The molecule has 6 rings (SSSR count). The van der Waals surface area contributed by atoms with E-state index in [9.17, 15) is 0 Å². The van der Waals surface area contributed by atoms with Crippen molar-refractivity contribution in [3.63, 3.8) is 0 Å². The van der Waals surface area contributed by atoms with Crippen molar-refractivity contribution < 1.29 is 14.2 Å². The Balaban J connectivity index is 1.32. The third kappa shape index (κ3) is 3.86. The highest BCUT2D eigenvalue weighted by molar-refractivity contribution is 7.17. The molecule has 3 heterocycles. The van der Waals surface area contributed by atoms with E-state index in [1.807, 2.05) is 42.5 Å². The number of para-hydroxylation sites is 1. The molecule has 0 radical (unpaired) electrons. The second kappa shape index (κ2) is 8.41. The van der Waals surface area contributed by atoms with E-state index < -0.39 is 0 Å². The quantitative estimate of drug-likeness (QED) is 0.395. The van der Waals surface area contributed by atoms with Crippen molar-refractivity contribution in [2.24, 2.45) is 0 Å². The zero-order valence-electron chi connectivity index (χ0n) is 18.2. The molecule has 1 spiro atoms. The number of thiophene rings is 1. The highest BCUT2D eigenvalue weighted by atomic mass is 32.1. The molecule has 2 aliphatic rings. The first-order valence-corrected chi connectivity index (χ1v) is 12.2. The van der Waals surface area contributed by atoms with Crippen LogP contribution in [0.1, 0.15) is 36.5 Å². The maximum absolute atomic E-state index is 6.35. The smallest absolute Gasteiger partial charge is 0.168 e. The molecule has 7 heteroatoms. The number of nitrogens with zero attached hydrogens (tertiary/aromatic N) is 2. The molecular formula is C26H25N3O3S. The van der Waals surface area contributed by atoms with E-state index >= 15 is 0 Å². The second-order valence-electron chi connectivity index (χ2n) is 8.60. The van der Waals surface area contributed by atoms with Crippen molar-refractivity contribution in [1.29, 1.82) is 0 Å². The van der Waals surface area contributed by atoms with E-state index in [4.69, 9.17) is 19.9 Å². The lowest BCUT2D eigenvalue weighted by atomic mass is 9.84. The normalized spacial score (nSPS) is 18.2. The van der Waals surface area contributed by atoms with Gasteiger partial charge in [0.2, 0.25) is 0 Å². The third-order valence-electron chi connectivity index (χ3n) is 6.58. The Bertz CT molecular complexity index is 1260. The number of benzene rings is 2. The maximum Gasteiger partial charge on any atom is 0.168 e. The molecule has 0 atom stereocenters. The lowest BCUT2D eigenvalue weighted by Gasteiger charge is -2.35.